The van der Waals surface area contributed by atoms with E-state index >= 15 is 0 Å². The van der Waals surface area contributed by atoms with Crippen LogP contribution in [0.15, 0.2) is 35.6 Å². The van der Waals surface area contributed by atoms with Crippen molar-refractivity contribution in [1.82, 2.24) is 10.2 Å². The number of aliphatic hydroxyl groups is 2. The van der Waals surface area contributed by atoms with Crippen LogP contribution in [0, 0.1) is 5.92 Å². The topological polar surface area (TPSA) is 173 Å². The standard InChI is InChI=1S/C23H23N3O7/c24-22(32)16-19(29)17(26-6-4-25-5-7-26)12-9-11-8-10-2-1-3-13(27)14(10)18(28)15(11)20(30)23(12,33)21(16)31/h1-3,8,12,17,25,27-28,31,33H,4-7,9H2,(H2,24,32)/t12-,17?,23-/m0/s1. The summed E-state index contributed by atoms with van der Waals surface area (Å²) in [7, 11) is 0. The molecular formula is C23H23N3O7. The number of ketones is 2. The molecule has 2 aromatic carbocycles. The second-order valence-corrected chi connectivity index (χ2v) is 8.72. The quantitative estimate of drug-likeness (QED) is 0.327. The molecule has 3 atom stereocenters. The van der Waals surface area contributed by atoms with Gasteiger partial charge in [-0.1, -0.05) is 18.2 Å². The largest absolute Gasteiger partial charge is 0.508 e. The Morgan fingerprint density at radius 3 is 2.52 bits per heavy atom. The van der Waals surface area contributed by atoms with Gasteiger partial charge in [-0.25, -0.2) is 0 Å². The number of aromatic hydroxyl groups is 2. The van der Waals surface area contributed by atoms with Crippen molar-refractivity contribution in [3.05, 3.63) is 46.7 Å². The minimum Gasteiger partial charge on any atom is -0.508 e. The van der Waals surface area contributed by atoms with Crippen molar-refractivity contribution < 1.29 is 34.8 Å². The summed E-state index contributed by atoms with van der Waals surface area (Å²) in [4.78, 5) is 40.9. The minimum absolute atomic E-state index is 0.0239. The second kappa shape index (κ2) is 7.27. The zero-order chi connectivity index (χ0) is 23.7. The molecule has 1 saturated heterocycles. The lowest BCUT2D eigenvalue weighted by Gasteiger charge is -2.49. The number of carbonyl (C=O) groups is 3. The SMILES string of the molecule is NC(=O)C1=C(O)[C@@]2(O)C(=O)c3c(cc4cccc(O)c4c3O)C[C@H]2C(N2CCNCC2)C1=O. The number of benzene rings is 2. The lowest BCUT2D eigenvalue weighted by Crippen LogP contribution is -2.67. The maximum absolute atomic E-state index is 13.7. The van der Waals surface area contributed by atoms with E-state index in [0.29, 0.717) is 37.1 Å². The van der Waals surface area contributed by atoms with Crippen LogP contribution in [-0.4, -0.2) is 80.6 Å². The molecule has 1 amide bonds. The first kappa shape index (κ1) is 21.4. The van der Waals surface area contributed by atoms with Crippen molar-refractivity contribution in [2.24, 2.45) is 11.7 Å². The summed E-state index contributed by atoms with van der Waals surface area (Å²) in [5.41, 5.74) is 2.02. The van der Waals surface area contributed by atoms with E-state index in [0.717, 1.165) is 0 Å². The molecule has 1 unspecified atom stereocenters. The average Bonchev–Trinajstić information content (AvgIpc) is 2.77. The number of amides is 1. The Morgan fingerprint density at radius 2 is 1.85 bits per heavy atom. The van der Waals surface area contributed by atoms with Crippen LogP contribution in [0.25, 0.3) is 10.8 Å². The second-order valence-electron chi connectivity index (χ2n) is 8.72. The van der Waals surface area contributed by atoms with Gasteiger partial charge in [-0.05, 0) is 23.4 Å². The Labute approximate surface area is 187 Å². The zero-order valence-electron chi connectivity index (χ0n) is 17.5. The van der Waals surface area contributed by atoms with Gasteiger partial charge in [-0.3, -0.25) is 19.3 Å². The van der Waals surface area contributed by atoms with E-state index in [1.54, 1.807) is 23.1 Å². The number of hydrogen-bond acceptors (Lipinski definition) is 9. The third-order valence-electron chi connectivity index (χ3n) is 7.03. The van der Waals surface area contributed by atoms with Crippen LogP contribution in [0.5, 0.6) is 11.5 Å². The molecule has 0 bridgehead atoms. The molecule has 0 saturated carbocycles. The number of phenols is 2. The number of hydrogen-bond donors (Lipinski definition) is 6. The maximum atomic E-state index is 13.7. The van der Waals surface area contributed by atoms with Crippen LogP contribution in [-0.2, 0) is 16.0 Å². The summed E-state index contributed by atoms with van der Waals surface area (Å²) in [6.45, 7) is 1.97. The van der Waals surface area contributed by atoms with Crippen LogP contribution < -0.4 is 11.1 Å². The lowest BCUT2D eigenvalue weighted by atomic mass is 9.61. The maximum Gasteiger partial charge on any atom is 0.255 e. The monoisotopic (exact) mass is 453 g/mol. The number of phenolic OH excluding ortho intramolecular Hbond substituents is 2. The van der Waals surface area contributed by atoms with Crippen LogP contribution in [0.4, 0.5) is 0 Å². The fourth-order valence-corrected chi connectivity index (χ4v) is 5.51. The summed E-state index contributed by atoms with van der Waals surface area (Å²) in [5.74, 6) is -6.05. The fraction of sp³-hybridized carbons (Fsp3) is 0.348. The lowest BCUT2D eigenvalue weighted by molar-refractivity contribution is -0.134. The molecule has 1 fully saturated rings. The van der Waals surface area contributed by atoms with E-state index in [-0.39, 0.29) is 23.1 Å². The van der Waals surface area contributed by atoms with Crippen LogP contribution in [0.2, 0.25) is 0 Å². The first-order valence-corrected chi connectivity index (χ1v) is 10.6. The first-order chi connectivity index (χ1) is 15.7. The Hall–Kier alpha value is -3.47. The molecule has 5 rings (SSSR count). The number of Topliss-reactive ketones (excluding diaryl/α,β-unsaturated/α-hetero) is 2. The third kappa shape index (κ3) is 2.81. The molecule has 0 radical (unpaired) electrons. The Morgan fingerprint density at radius 1 is 1.15 bits per heavy atom. The fourth-order valence-electron chi connectivity index (χ4n) is 5.51. The Balaban J connectivity index is 1.77. The van der Waals surface area contributed by atoms with Gasteiger partial charge in [0.25, 0.3) is 5.91 Å². The number of nitrogens with zero attached hydrogens (tertiary/aromatic N) is 1. The summed E-state index contributed by atoms with van der Waals surface area (Å²) >= 11 is 0. The highest BCUT2D eigenvalue weighted by Gasteiger charge is 2.62. The van der Waals surface area contributed by atoms with E-state index in [1.807, 2.05) is 0 Å². The molecule has 1 heterocycles. The molecule has 172 valence electrons. The highest BCUT2D eigenvalue weighted by Crippen LogP contribution is 2.49. The third-order valence-corrected chi connectivity index (χ3v) is 7.03. The van der Waals surface area contributed by atoms with Crippen molar-refractivity contribution in [3.63, 3.8) is 0 Å². The van der Waals surface area contributed by atoms with E-state index in [9.17, 15) is 34.8 Å². The molecule has 10 nitrogen and oxygen atoms in total. The summed E-state index contributed by atoms with van der Waals surface area (Å²) in [6, 6.07) is 5.14. The number of aliphatic hydroxyl groups excluding tert-OH is 1. The predicted molar refractivity (Wildman–Crippen MR) is 116 cm³/mol. The smallest absolute Gasteiger partial charge is 0.255 e. The van der Waals surface area contributed by atoms with E-state index in [4.69, 9.17) is 5.73 Å². The number of rotatable bonds is 2. The average molecular weight is 453 g/mol. The van der Waals surface area contributed by atoms with Gasteiger partial charge < -0.3 is 31.5 Å². The van der Waals surface area contributed by atoms with Crippen LogP contribution in [0.3, 0.4) is 0 Å². The van der Waals surface area contributed by atoms with Gasteiger partial charge in [-0.2, -0.15) is 0 Å². The predicted octanol–water partition coefficient (Wildman–Crippen LogP) is -0.509. The van der Waals surface area contributed by atoms with E-state index in [1.165, 1.54) is 6.07 Å². The van der Waals surface area contributed by atoms with Crippen LogP contribution >= 0.6 is 0 Å². The number of carbonyl (C=O) groups excluding carboxylic acids is 3. The molecular weight excluding hydrogens is 430 g/mol. The summed E-state index contributed by atoms with van der Waals surface area (Å²) < 4.78 is 0. The molecule has 2 aromatic rings. The first-order valence-electron chi connectivity index (χ1n) is 10.6. The van der Waals surface area contributed by atoms with Crippen molar-refractivity contribution in [1.29, 1.82) is 0 Å². The Kier molecular flexibility index (Phi) is 4.71. The molecule has 7 N–H and O–H groups in total. The van der Waals surface area contributed by atoms with Gasteiger partial charge in [-0.15, -0.1) is 0 Å². The molecule has 10 heteroatoms. The summed E-state index contributed by atoms with van der Waals surface area (Å²) in [6.07, 6.45) is -0.0346. The van der Waals surface area contributed by atoms with E-state index in [2.05, 4.69) is 5.32 Å². The van der Waals surface area contributed by atoms with Crippen molar-refractivity contribution in [2.45, 2.75) is 18.1 Å². The number of nitrogens with two attached hydrogens (primary N) is 1. The molecule has 2 aliphatic carbocycles. The van der Waals surface area contributed by atoms with Gasteiger partial charge in [0.2, 0.25) is 5.78 Å². The molecule has 0 spiro atoms. The molecule has 1 aliphatic heterocycles. The van der Waals surface area contributed by atoms with Gasteiger partial charge in [0.05, 0.1) is 17.0 Å². The molecule has 3 aliphatic rings. The summed E-state index contributed by atoms with van der Waals surface area (Å²) in [5, 5.41) is 47.3. The van der Waals surface area contributed by atoms with Crippen molar-refractivity contribution >= 4 is 28.2 Å². The number of nitrogens with one attached hydrogen (secondary N) is 1. The van der Waals surface area contributed by atoms with Crippen LogP contribution in [0.1, 0.15) is 15.9 Å². The Bertz CT molecular complexity index is 1260. The van der Waals surface area contributed by atoms with Gasteiger partial charge >= 0.3 is 0 Å². The normalized spacial score (nSPS) is 28.0. The number of primary amides is 1. The van der Waals surface area contributed by atoms with E-state index < -0.39 is 52.1 Å². The van der Waals surface area contributed by atoms with Gasteiger partial charge in [0, 0.05) is 32.1 Å². The zero-order valence-corrected chi connectivity index (χ0v) is 17.5. The molecule has 33 heavy (non-hydrogen) atoms. The number of piperazine rings is 1. The van der Waals surface area contributed by atoms with Gasteiger partial charge in [0.15, 0.2) is 11.4 Å². The highest BCUT2D eigenvalue weighted by atomic mass is 16.3. The van der Waals surface area contributed by atoms with Crippen molar-refractivity contribution in [2.75, 3.05) is 26.2 Å². The van der Waals surface area contributed by atoms with Gasteiger partial charge in [0.1, 0.15) is 22.8 Å². The number of fused-ring (bicyclic) bond motifs is 3. The van der Waals surface area contributed by atoms with Crippen molar-refractivity contribution in [3.8, 4) is 11.5 Å². The molecule has 0 aromatic heterocycles. The minimum atomic E-state index is -2.64. The highest BCUT2D eigenvalue weighted by molar-refractivity contribution is 6.25.